The Kier molecular flexibility index (Phi) is 6.30. The van der Waals surface area contributed by atoms with Gasteiger partial charge >= 0.3 is 0 Å². The molecule has 2 aromatic rings. The number of aromatic nitrogens is 3. The number of hydrogen-bond acceptors (Lipinski definition) is 7. The van der Waals surface area contributed by atoms with Gasteiger partial charge in [-0.25, -0.2) is 4.39 Å². The van der Waals surface area contributed by atoms with Crippen molar-refractivity contribution in [3.8, 4) is 0 Å². The lowest BCUT2D eigenvalue weighted by molar-refractivity contribution is 0.280. The van der Waals surface area contributed by atoms with Gasteiger partial charge in [0.2, 0.25) is 17.2 Å². The monoisotopic (exact) mass is 340 g/mol. The highest BCUT2D eigenvalue weighted by atomic mass is 35.5. The predicted octanol–water partition coefficient (Wildman–Crippen LogP) is 1.98. The lowest BCUT2D eigenvalue weighted by Crippen LogP contribution is -2.30. The highest BCUT2D eigenvalue weighted by molar-refractivity contribution is 6.28. The lowest BCUT2D eigenvalue weighted by Gasteiger charge is -2.19. The molecule has 0 aliphatic carbocycles. The molecule has 1 aromatic carbocycles. The molecule has 1 unspecified atom stereocenters. The molecule has 0 bridgehead atoms. The molecule has 1 heterocycles. The summed E-state index contributed by atoms with van der Waals surface area (Å²) in [4.78, 5) is 12.0. The van der Waals surface area contributed by atoms with Crippen molar-refractivity contribution in [2.45, 2.75) is 12.5 Å². The van der Waals surface area contributed by atoms with Crippen LogP contribution in [0.2, 0.25) is 5.28 Å². The fraction of sp³-hybridized carbons (Fsp3) is 0.357. The van der Waals surface area contributed by atoms with E-state index in [0.717, 1.165) is 0 Å². The number of nitrogens with zero attached hydrogens (tertiary/aromatic N) is 3. The van der Waals surface area contributed by atoms with E-state index < -0.39 is 0 Å². The first-order valence-electron chi connectivity index (χ1n) is 7.07. The molecule has 0 radical (unpaired) electrons. The number of benzene rings is 1. The summed E-state index contributed by atoms with van der Waals surface area (Å²) in [5.74, 6) is 0.274. The van der Waals surface area contributed by atoms with Gasteiger partial charge < -0.3 is 21.1 Å². The number of nitrogens with one attached hydrogen (secondary N) is 3. The van der Waals surface area contributed by atoms with Crippen molar-refractivity contribution in [2.75, 3.05) is 36.1 Å². The number of anilines is 3. The van der Waals surface area contributed by atoms with E-state index in [-0.39, 0.29) is 29.7 Å². The first-order chi connectivity index (χ1) is 11.1. The van der Waals surface area contributed by atoms with Crippen molar-refractivity contribution in [3.63, 3.8) is 0 Å². The zero-order valence-electron chi connectivity index (χ0n) is 12.6. The smallest absolute Gasteiger partial charge is 0.229 e. The fourth-order valence-electron chi connectivity index (χ4n) is 1.93. The zero-order valence-corrected chi connectivity index (χ0v) is 13.3. The number of aliphatic hydroxyl groups excluding tert-OH is 1. The van der Waals surface area contributed by atoms with Crippen LogP contribution < -0.4 is 16.0 Å². The first-order valence-corrected chi connectivity index (χ1v) is 7.45. The standard InChI is InChI=1S/C14H18ClFN6O/c1-17-13-20-12(15)21-14(22-13)19-9(6-7-23)8-18-11-5-3-2-4-10(11)16/h2-5,9,18,23H,6-8H2,1H3,(H2,17,19,20,21,22). The van der Waals surface area contributed by atoms with Gasteiger partial charge in [0.05, 0.1) is 5.69 Å². The van der Waals surface area contributed by atoms with Crippen LogP contribution in [0.5, 0.6) is 0 Å². The first kappa shape index (κ1) is 17.2. The van der Waals surface area contributed by atoms with Gasteiger partial charge in [0, 0.05) is 26.2 Å². The topological polar surface area (TPSA) is 95.0 Å². The molecule has 124 valence electrons. The minimum Gasteiger partial charge on any atom is -0.396 e. The maximum atomic E-state index is 13.6. The normalized spacial score (nSPS) is 11.8. The molecule has 0 saturated heterocycles. The van der Waals surface area contributed by atoms with E-state index in [0.29, 0.717) is 24.6 Å². The Morgan fingerprint density at radius 3 is 2.65 bits per heavy atom. The number of aliphatic hydroxyl groups is 1. The number of halogens is 2. The molecule has 23 heavy (non-hydrogen) atoms. The Morgan fingerprint density at radius 2 is 1.96 bits per heavy atom. The van der Waals surface area contributed by atoms with Crippen molar-refractivity contribution < 1.29 is 9.50 Å². The number of rotatable bonds is 8. The van der Waals surface area contributed by atoms with Gasteiger partial charge in [0.25, 0.3) is 0 Å². The van der Waals surface area contributed by atoms with Crippen molar-refractivity contribution >= 4 is 29.2 Å². The molecule has 0 spiro atoms. The van der Waals surface area contributed by atoms with Crippen LogP contribution in [0, 0.1) is 5.82 Å². The molecule has 0 amide bonds. The van der Waals surface area contributed by atoms with Crippen LogP contribution in [-0.4, -0.2) is 46.3 Å². The second kappa shape index (κ2) is 8.44. The number of para-hydroxylation sites is 1. The SMILES string of the molecule is CNc1nc(Cl)nc(NC(CCO)CNc2ccccc2F)n1. The molecular formula is C14H18ClFN6O. The summed E-state index contributed by atoms with van der Waals surface area (Å²) in [6, 6.07) is 6.16. The van der Waals surface area contributed by atoms with Crippen LogP contribution in [0.15, 0.2) is 24.3 Å². The lowest BCUT2D eigenvalue weighted by atomic mass is 10.2. The van der Waals surface area contributed by atoms with E-state index in [9.17, 15) is 9.50 Å². The maximum absolute atomic E-state index is 13.6. The van der Waals surface area contributed by atoms with E-state index in [1.54, 1.807) is 25.2 Å². The van der Waals surface area contributed by atoms with E-state index in [1.165, 1.54) is 6.07 Å². The van der Waals surface area contributed by atoms with Gasteiger partial charge in [-0.3, -0.25) is 0 Å². The largest absolute Gasteiger partial charge is 0.396 e. The van der Waals surface area contributed by atoms with E-state index in [1.807, 2.05) is 0 Å². The summed E-state index contributed by atoms with van der Waals surface area (Å²) < 4.78 is 13.6. The van der Waals surface area contributed by atoms with Gasteiger partial charge in [-0.05, 0) is 30.2 Å². The molecule has 1 aromatic heterocycles. The molecule has 1 atom stereocenters. The summed E-state index contributed by atoms with van der Waals surface area (Å²) in [5, 5.41) is 18.1. The van der Waals surface area contributed by atoms with Gasteiger partial charge in [0.1, 0.15) is 5.82 Å². The fourth-order valence-corrected chi connectivity index (χ4v) is 2.09. The van der Waals surface area contributed by atoms with Gasteiger partial charge in [-0.1, -0.05) is 12.1 Å². The minimum absolute atomic E-state index is 0.0334. The highest BCUT2D eigenvalue weighted by Gasteiger charge is 2.12. The Labute approximate surface area is 138 Å². The van der Waals surface area contributed by atoms with Crippen LogP contribution in [0.25, 0.3) is 0 Å². The quantitative estimate of drug-likeness (QED) is 0.583. The second-order valence-corrected chi connectivity index (χ2v) is 5.05. The summed E-state index contributed by atoms with van der Waals surface area (Å²) >= 11 is 5.83. The maximum Gasteiger partial charge on any atom is 0.229 e. The molecule has 7 nitrogen and oxygen atoms in total. The molecule has 0 saturated carbocycles. The Bertz CT molecular complexity index is 644. The molecule has 2 rings (SSSR count). The number of hydrogen-bond donors (Lipinski definition) is 4. The summed E-state index contributed by atoms with van der Waals surface area (Å²) in [6.45, 7) is 0.341. The Hall–Kier alpha value is -2.19. The van der Waals surface area contributed by atoms with Crippen LogP contribution >= 0.6 is 11.6 Å². The summed E-state index contributed by atoms with van der Waals surface area (Å²) in [6.07, 6.45) is 0.430. The molecule has 0 aliphatic rings. The van der Waals surface area contributed by atoms with E-state index >= 15 is 0 Å². The van der Waals surface area contributed by atoms with Crippen LogP contribution in [-0.2, 0) is 0 Å². The third-order valence-corrected chi connectivity index (χ3v) is 3.22. The average Bonchev–Trinajstić information content (AvgIpc) is 2.53. The van der Waals surface area contributed by atoms with Gasteiger partial charge in [-0.2, -0.15) is 15.0 Å². The van der Waals surface area contributed by atoms with Crippen LogP contribution in [0.3, 0.4) is 0 Å². The van der Waals surface area contributed by atoms with Crippen LogP contribution in [0.1, 0.15) is 6.42 Å². The third-order valence-electron chi connectivity index (χ3n) is 3.06. The Morgan fingerprint density at radius 1 is 1.22 bits per heavy atom. The van der Waals surface area contributed by atoms with Crippen molar-refractivity contribution in [3.05, 3.63) is 35.4 Å². The van der Waals surface area contributed by atoms with Crippen LogP contribution in [0.4, 0.5) is 22.0 Å². The van der Waals surface area contributed by atoms with Gasteiger partial charge in [-0.15, -0.1) is 0 Å². The van der Waals surface area contributed by atoms with Gasteiger partial charge in [0.15, 0.2) is 0 Å². The second-order valence-electron chi connectivity index (χ2n) is 4.72. The average molecular weight is 341 g/mol. The minimum atomic E-state index is -0.337. The molecule has 9 heteroatoms. The Balaban J connectivity index is 2.04. The van der Waals surface area contributed by atoms with Crippen molar-refractivity contribution in [1.82, 2.24) is 15.0 Å². The molecule has 0 fully saturated rings. The van der Waals surface area contributed by atoms with E-state index in [2.05, 4.69) is 30.9 Å². The molecular weight excluding hydrogens is 323 g/mol. The highest BCUT2D eigenvalue weighted by Crippen LogP contribution is 2.14. The van der Waals surface area contributed by atoms with E-state index in [4.69, 9.17) is 11.6 Å². The zero-order chi connectivity index (χ0) is 16.7. The predicted molar refractivity (Wildman–Crippen MR) is 88.4 cm³/mol. The van der Waals surface area contributed by atoms with Crippen molar-refractivity contribution in [2.24, 2.45) is 0 Å². The summed E-state index contributed by atoms with van der Waals surface area (Å²) in [5.41, 5.74) is 0.391. The molecule has 4 N–H and O–H groups in total. The van der Waals surface area contributed by atoms with Crippen molar-refractivity contribution in [1.29, 1.82) is 0 Å². The molecule has 0 aliphatic heterocycles. The third kappa shape index (κ3) is 5.19. The summed E-state index contributed by atoms with van der Waals surface area (Å²) in [7, 11) is 1.67.